The van der Waals surface area contributed by atoms with Gasteiger partial charge in [-0.1, -0.05) is 54.6 Å². The van der Waals surface area contributed by atoms with Crippen LogP contribution >= 0.6 is 0 Å². The fourth-order valence-corrected chi connectivity index (χ4v) is 3.53. The van der Waals surface area contributed by atoms with Gasteiger partial charge in [0.15, 0.2) is 5.82 Å². The van der Waals surface area contributed by atoms with E-state index in [4.69, 9.17) is 0 Å². The predicted octanol–water partition coefficient (Wildman–Crippen LogP) is 3.64. The van der Waals surface area contributed by atoms with Crippen LogP contribution in [0.5, 0.6) is 0 Å². The van der Waals surface area contributed by atoms with E-state index in [0.29, 0.717) is 17.1 Å². The molecule has 28 heavy (non-hydrogen) atoms. The fourth-order valence-electron chi connectivity index (χ4n) is 3.53. The summed E-state index contributed by atoms with van der Waals surface area (Å²) in [4.78, 5) is 30.4. The molecular formula is C23H15N3O2. The summed E-state index contributed by atoms with van der Waals surface area (Å²) in [5.41, 5.74) is 1.65. The van der Waals surface area contributed by atoms with E-state index >= 15 is 0 Å². The summed E-state index contributed by atoms with van der Waals surface area (Å²) in [5.74, 6) is 0.354. The van der Waals surface area contributed by atoms with Crippen LogP contribution in [0.1, 0.15) is 0 Å². The van der Waals surface area contributed by atoms with Crippen LogP contribution < -0.4 is 11.2 Å². The zero-order valence-electron chi connectivity index (χ0n) is 14.8. The summed E-state index contributed by atoms with van der Waals surface area (Å²) in [6.07, 6.45) is 0. The van der Waals surface area contributed by atoms with E-state index in [9.17, 15) is 9.59 Å². The Bertz CT molecular complexity index is 1390. The number of hydrogen-bond donors (Lipinski definition) is 0. The van der Waals surface area contributed by atoms with E-state index in [1.54, 1.807) is 30.3 Å². The standard InChI is InChI=1S/C23H15N3O2/c27-22-19-15-16-9-7-8-14-20(16)25(17-10-3-1-4-11-17)21(19)24-23(28)26(22)18-12-5-2-6-13-18/h1-15H. The maximum absolute atomic E-state index is 13.3. The van der Waals surface area contributed by atoms with Gasteiger partial charge in [-0.05, 0) is 41.8 Å². The average Bonchev–Trinajstić information content (AvgIpc) is 2.74. The van der Waals surface area contributed by atoms with E-state index in [-0.39, 0.29) is 5.56 Å². The fraction of sp³-hybridized carbons (Fsp3) is 0. The van der Waals surface area contributed by atoms with E-state index in [1.807, 2.05) is 65.2 Å². The van der Waals surface area contributed by atoms with Crippen LogP contribution in [0.3, 0.4) is 0 Å². The molecule has 0 unspecified atom stereocenters. The van der Waals surface area contributed by atoms with Gasteiger partial charge in [0.25, 0.3) is 5.56 Å². The van der Waals surface area contributed by atoms with Crippen molar-refractivity contribution in [2.75, 3.05) is 0 Å². The molecule has 0 saturated carbocycles. The molecule has 5 heteroatoms. The summed E-state index contributed by atoms with van der Waals surface area (Å²) in [6, 6.07) is 28.0. The SMILES string of the molecule is O=c1nc2n(-c3ccccc3)c3ccccc3cc-2c(=O)n1-c1ccccc1. The molecule has 0 amide bonds. The first-order chi connectivity index (χ1) is 13.7. The van der Waals surface area contributed by atoms with Crippen molar-refractivity contribution in [3.8, 4) is 22.8 Å². The molecule has 5 nitrogen and oxygen atoms in total. The second-order valence-corrected chi connectivity index (χ2v) is 6.48. The van der Waals surface area contributed by atoms with Gasteiger partial charge in [-0.15, -0.1) is 0 Å². The molecule has 0 aromatic heterocycles. The number of para-hydroxylation sites is 3. The molecule has 2 aliphatic heterocycles. The number of fused-ring (bicyclic) bond motifs is 2. The van der Waals surface area contributed by atoms with Crippen molar-refractivity contribution >= 4 is 10.9 Å². The van der Waals surface area contributed by atoms with Crippen LogP contribution in [0.4, 0.5) is 0 Å². The van der Waals surface area contributed by atoms with Gasteiger partial charge in [0.05, 0.1) is 16.8 Å². The predicted molar refractivity (Wildman–Crippen MR) is 110 cm³/mol. The highest BCUT2D eigenvalue weighted by molar-refractivity contribution is 5.87. The van der Waals surface area contributed by atoms with Crippen molar-refractivity contribution in [2.45, 2.75) is 0 Å². The second-order valence-electron chi connectivity index (χ2n) is 6.48. The summed E-state index contributed by atoms with van der Waals surface area (Å²) in [6.45, 7) is 0. The molecule has 134 valence electrons. The Labute approximate surface area is 160 Å². The number of pyridine rings is 1. The normalized spacial score (nSPS) is 11.1. The van der Waals surface area contributed by atoms with Crippen LogP contribution in [-0.2, 0) is 0 Å². The minimum absolute atomic E-state index is 0.354. The minimum Gasteiger partial charge on any atom is -0.294 e. The van der Waals surface area contributed by atoms with Crippen molar-refractivity contribution < 1.29 is 0 Å². The lowest BCUT2D eigenvalue weighted by atomic mass is 10.1. The lowest BCUT2D eigenvalue weighted by molar-refractivity contribution is 0.854. The number of rotatable bonds is 2. The maximum Gasteiger partial charge on any atom is 0.357 e. The molecule has 0 saturated heterocycles. The summed E-state index contributed by atoms with van der Waals surface area (Å²) in [7, 11) is 0. The van der Waals surface area contributed by atoms with Crippen molar-refractivity contribution in [2.24, 2.45) is 0 Å². The van der Waals surface area contributed by atoms with Gasteiger partial charge < -0.3 is 0 Å². The lowest BCUT2D eigenvalue weighted by Gasteiger charge is -2.18. The summed E-state index contributed by atoms with van der Waals surface area (Å²) in [5, 5.41) is 0.899. The highest BCUT2D eigenvalue weighted by Gasteiger charge is 2.21. The Morgan fingerprint density at radius 2 is 1.21 bits per heavy atom. The second kappa shape index (κ2) is 6.32. The molecule has 0 spiro atoms. The van der Waals surface area contributed by atoms with E-state index < -0.39 is 5.69 Å². The molecular weight excluding hydrogens is 350 g/mol. The minimum atomic E-state index is -0.594. The molecule has 0 atom stereocenters. The third-order valence-electron chi connectivity index (χ3n) is 4.79. The highest BCUT2D eigenvalue weighted by Crippen LogP contribution is 2.27. The zero-order chi connectivity index (χ0) is 19.1. The first-order valence-electron chi connectivity index (χ1n) is 8.92. The molecule has 5 rings (SSSR count). The number of aromatic nitrogens is 3. The van der Waals surface area contributed by atoms with Crippen LogP contribution in [0.15, 0.2) is 101 Å². The number of nitrogens with zero attached hydrogens (tertiary/aromatic N) is 3. The van der Waals surface area contributed by atoms with Crippen LogP contribution in [-0.4, -0.2) is 14.1 Å². The van der Waals surface area contributed by atoms with Gasteiger partial charge in [-0.2, -0.15) is 4.98 Å². The Hall–Kier alpha value is -3.99. The molecule has 2 heterocycles. The molecule has 3 aromatic rings. The quantitative estimate of drug-likeness (QED) is 0.449. The van der Waals surface area contributed by atoms with Gasteiger partial charge in [-0.25, -0.2) is 9.36 Å². The number of benzene rings is 3. The van der Waals surface area contributed by atoms with E-state index in [1.165, 1.54) is 0 Å². The number of hydrogen-bond acceptors (Lipinski definition) is 3. The molecule has 0 aliphatic carbocycles. The highest BCUT2D eigenvalue weighted by atomic mass is 16.2. The molecule has 0 N–H and O–H groups in total. The molecule has 0 radical (unpaired) electrons. The van der Waals surface area contributed by atoms with Crippen molar-refractivity contribution in [3.63, 3.8) is 0 Å². The molecule has 3 aromatic carbocycles. The van der Waals surface area contributed by atoms with Gasteiger partial charge in [-0.3, -0.25) is 9.36 Å². The van der Waals surface area contributed by atoms with Crippen LogP contribution in [0.25, 0.3) is 33.7 Å². The average molecular weight is 365 g/mol. The van der Waals surface area contributed by atoms with Crippen molar-refractivity contribution in [1.29, 1.82) is 0 Å². The third kappa shape index (κ3) is 2.45. The largest absolute Gasteiger partial charge is 0.357 e. The Morgan fingerprint density at radius 3 is 1.89 bits per heavy atom. The van der Waals surface area contributed by atoms with Crippen LogP contribution in [0.2, 0.25) is 0 Å². The lowest BCUT2D eigenvalue weighted by Crippen LogP contribution is -2.36. The first-order valence-corrected chi connectivity index (χ1v) is 8.92. The van der Waals surface area contributed by atoms with Crippen molar-refractivity contribution in [3.05, 3.63) is 112 Å². The first kappa shape index (κ1) is 16.2. The zero-order valence-corrected chi connectivity index (χ0v) is 14.8. The van der Waals surface area contributed by atoms with E-state index in [0.717, 1.165) is 21.2 Å². The third-order valence-corrected chi connectivity index (χ3v) is 4.79. The Balaban J connectivity index is 1.96. The monoisotopic (exact) mass is 365 g/mol. The topological polar surface area (TPSA) is 56.9 Å². The van der Waals surface area contributed by atoms with Gasteiger partial charge in [0.2, 0.25) is 0 Å². The molecule has 0 bridgehead atoms. The van der Waals surface area contributed by atoms with Crippen molar-refractivity contribution in [1.82, 2.24) is 14.1 Å². The van der Waals surface area contributed by atoms with E-state index in [2.05, 4.69) is 4.98 Å². The maximum atomic E-state index is 13.3. The molecule has 2 aliphatic rings. The summed E-state index contributed by atoms with van der Waals surface area (Å²) >= 11 is 0. The van der Waals surface area contributed by atoms with Gasteiger partial charge >= 0.3 is 5.69 Å². The Kier molecular flexibility index (Phi) is 3.66. The smallest absolute Gasteiger partial charge is 0.294 e. The van der Waals surface area contributed by atoms with Crippen LogP contribution in [0, 0.1) is 0 Å². The molecule has 0 fully saturated rings. The Morgan fingerprint density at radius 1 is 0.643 bits per heavy atom. The summed E-state index contributed by atoms with van der Waals surface area (Å²) < 4.78 is 2.98. The van der Waals surface area contributed by atoms with Gasteiger partial charge in [0.1, 0.15) is 0 Å². The van der Waals surface area contributed by atoms with Gasteiger partial charge in [0, 0.05) is 5.69 Å².